The number of benzene rings is 1. The largest absolute Gasteiger partial charge is 0.753 e. The molecule has 0 saturated heterocycles. The van der Waals surface area contributed by atoms with Crippen LogP contribution in [0.2, 0.25) is 0 Å². The van der Waals surface area contributed by atoms with Crippen molar-refractivity contribution in [3.8, 4) is 5.75 Å². The molecule has 0 bridgehead atoms. The molecule has 0 fully saturated rings. The van der Waals surface area contributed by atoms with E-state index in [-0.39, 0.29) is 22.6 Å². The van der Waals surface area contributed by atoms with Crippen LogP contribution in [-0.4, -0.2) is 15.9 Å². The molecule has 2 rings (SSSR count). The maximum absolute atomic E-state index is 12.8. The topological polar surface area (TPSA) is 78.4 Å². The number of aromatic nitrogens is 2. The van der Waals surface area contributed by atoms with Gasteiger partial charge in [0.25, 0.3) is 0 Å². The van der Waals surface area contributed by atoms with Gasteiger partial charge in [0, 0.05) is 36.1 Å². The molecule has 6 nitrogen and oxygen atoms in total. The molecule has 0 aliphatic carbocycles. The zero-order valence-corrected chi connectivity index (χ0v) is 16.5. The summed E-state index contributed by atoms with van der Waals surface area (Å²) in [5.74, 6) is 0.336. The van der Waals surface area contributed by atoms with Gasteiger partial charge in [-0.3, -0.25) is 9.78 Å². The van der Waals surface area contributed by atoms with Gasteiger partial charge in [-0.25, -0.2) is 4.98 Å². The monoisotopic (exact) mass is 356 g/mol. The number of ether oxygens (including phenoxy) is 1. The molecular weight excluding hydrogens is 330 g/mol. The van der Waals surface area contributed by atoms with Crippen LogP contribution in [0.3, 0.4) is 0 Å². The molecule has 0 radical (unpaired) electrons. The molecule has 0 N–H and O–H groups in total. The number of carbonyl (C=O) groups excluding carboxylic acids is 1. The van der Waals surface area contributed by atoms with Crippen LogP contribution in [0, 0.1) is 5.21 Å². The summed E-state index contributed by atoms with van der Waals surface area (Å²) in [7, 11) is 0. The fourth-order valence-electron chi connectivity index (χ4n) is 2.63. The lowest BCUT2D eigenvalue weighted by Gasteiger charge is -2.35. The second kappa shape index (κ2) is 7.03. The van der Waals surface area contributed by atoms with E-state index in [2.05, 4.69) is 9.97 Å². The van der Waals surface area contributed by atoms with Gasteiger partial charge in [-0.2, -0.15) is 0 Å². The van der Waals surface area contributed by atoms with Crippen LogP contribution in [0.25, 0.3) is 0 Å². The van der Waals surface area contributed by atoms with E-state index < -0.39 is 0 Å². The number of carbonyl (C=O) groups is 1. The van der Waals surface area contributed by atoms with Gasteiger partial charge < -0.3 is 15.0 Å². The minimum atomic E-state index is -0.387. The van der Waals surface area contributed by atoms with E-state index in [1.54, 1.807) is 12.1 Å². The molecule has 0 amide bonds. The fraction of sp³-hybridized carbons (Fsp3) is 0.450. The van der Waals surface area contributed by atoms with Gasteiger partial charge >= 0.3 is 5.97 Å². The summed E-state index contributed by atoms with van der Waals surface area (Å²) in [5, 5.41) is 13.6. The Balaban J connectivity index is 2.74. The van der Waals surface area contributed by atoms with Crippen LogP contribution in [0.1, 0.15) is 59.6 Å². The summed E-state index contributed by atoms with van der Waals surface area (Å²) >= 11 is 0. The number of rotatable bonds is 3. The van der Waals surface area contributed by atoms with Crippen molar-refractivity contribution in [3.63, 3.8) is 0 Å². The molecule has 0 spiro atoms. The first-order chi connectivity index (χ1) is 11.9. The standard InChI is InChI=1S/C20H26N3O3/c1-13(24)26-18-15(19(2,3)4)10-14(11-16(18)20(5,6)7)23(25)17-12-21-8-9-22-17/h8-12H,1-7H3/q-1. The second-order valence-electron chi connectivity index (χ2n) is 8.32. The van der Waals surface area contributed by atoms with Gasteiger partial charge in [0.2, 0.25) is 0 Å². The Morgan fingerprint density at radius 2 is 1.58 bits per heavy atom. The van der Waals surface area contributed by atoms with Gasteiger partial charge in [0.05, 0.1) is 6.20 Å². The van der Waals surface area contributed by atoms with E-state index in [0.29, 0.717) is 11.4 Å². The molecule has 2 aromatic rings. The molecule has 0 aliphatic heterocycles. The van der Waals surface area contributed by atoms with Gasteiger partial charge in [-0.1, -0.05) is 41.5 Å². The van der Waals surface area contributed by atoms with E-state index in [9.17, 15) is 10.0 Å². The first-order valence-electron chi connectivity index (χ1n) is 8.52. The lowest BCUT2D eigenvalue weighted by atomic mass is 9.79. The Morgan fingerprint density at radius 1 is 1.04 bits per heavy atom. The van der Waals surface area contributed by atoms with Crippen LogP contribution in [0.15, 0.2) is 30.7 Å². The van der Waals surface area contributed by atoms with Crippen molar-refractivity contribution in [2.75, 3.05) is 5.06 Å². The molecule has 0 unspecified atom stereocenters. The van der Waals surface area contributed by atoms with Crippen LogP contribution in [0.4, 0.5) is 11.5 Å². The molecule has 6 heteroatoms. The van der Waals surface area contributed by atoms with Gasteiger partial charge in [0.1, 0.15) is 11.6 Å². The lowest BCUT2D eigenvalue weighted by molar-refractivity contribution is -0.132. The van der Waals surface area contributed by atoms with Crippen molar-refractivity contribution >= 4 is 17.5 Å². The summed E-state index contributed by atoms with van der Waals surface area (Å²) in [6.45, 7) is 13.5. The Hall–Kier alpha value is -2.47. The Kier molecular flexibility index (Phi) is 5.37. The number of hydrogen-bond acceptors (Lipinski definition) is 6. The highest BCUT2D eigenvalue weighted by Crippen LogP contribution is 2.43. The Morgan fingerprint density at radius 3 is 1.96 bits per heavy atom. The molecule has 26 heavy (non-hydrogen) atoms. The van der Waals surface area contributed by atoms with E-state index in [1.807, 2.05) is 41.5 Å². The normalized spacial score (nSPS) is 12.0. The third-order valence-corrected chi connectivity index (χ3v) is 3.93. The van der Waals surface area contributed by atoms with E-state index >= 15 is 0 Å². The van der Waals surface area contributed by atoms with Gasteiger partial charge in [-0.05, 0) is 23.0 Å². The number of anilines is 2. The molecule has 1 aromatic heterocycles. The van der Waals surface area contributed by atoms with E-state index in [4.69, 9.17) is 4.74 Å². The summed E-state index contributed by atoms with van der Waals surface area (Å²) in [6, 6.07) is 3.52. The molecule has 0 saturated carbocycles. The van der Waals surface area contributed by atoms with Gasteiger partial charge in [0.15, 0.2) is 0 Å². The highest BCUT2D eigenvalue weighted by atomic mass is 16.5. The van der Waals surface area contributed by atoms with Crippen LogP contribution < -0.4 is 9.80 Å². The smallest absolute Gasteiger partial charge is 0.308 e. The minimum absolute atomic E-state index is 0.201. The molecule has 140 valence electrons. The average molecular weight is 356 g/mol. The maximum Gasteiger partial charge on any atom is 0.308 e. The second-order valence-corrected chi connectivity index (χ2v) is 8.32. The highest BCUT2D eigenvalue weighted by molar-refractivity contribution is 5.73. The predicted molar refractivity (Wildman–Crippen MR) is 103 cm³/mol. The zero-order chi connectivity index (χ0) is 19.7. The first kappa shape index (κ1) is 19.8. The van der Waals surface area contributed by atoms with Crippen molar-refractivity contribution in [3.05, 3.63) is 47.1 Å². The zero-order valence-electron chi connectivity index (χ0n) is 16.5. The average Bonchev–Trinajstić information content (AvgIpc) is 2.52. The lowest BCUT2D eigenvalue weighted by Crippen LogP contribution is -2.22. The minimum Gasteiger partial charge on any atom is -0.753 e. The van der Waals surface area contributed by atoms with Crippen molar-refractivity contribution < 1.29 is 9.53 Å². The first-order valence-corrected chi connectivity index (χ1v) is 8.52. The quantitative estimate of drug-likeness (QED) is 0.453. The summed E-state index contributed by atoms with van der Waals surface area (Å²) < 4.78 is 5.58. The van der Waals surface area contributed by atoms with Crippen molar-refractivity contribution in [1.82, 2.24) is 9.97 Å². The van der Waals surface area contributed by atoms with E-state index in [0.717, 1.165) is 16.2 Å². The predicted octanol–water partition coefficient (Wildman–Crippen LogP) is 4.63. The molecule has 0 atom stereocenters. The van der Waals surface area contributed by atoms with Crippen LogP contribution >= 0.6 is 0 Å². The van der Waals surface area contributed by atoms with Crippen LogP contribution in [-0.2, 0) is 15.6 Å². The van der Waals surface area contributed by atoms with Gasteiger partial charge in [-0.15, -0.1) is 0 Å². The summed E-state index contributed by atoms with van der Waals surface area (Å²) in [5.41, 5.74) is 1.35. The fourth-order valence-corrected chi connectivity index (χ4v) is 2.63. The van der Waals surface area contributed by atoms with Crippen LogP contribution in [0.5, 0.6) is 5.75 Å². The van der Waals surface area contributed by atoms with E-state index in [1.165, 1.54) is 25.5 Å². The third-order valence-electron chi connectivity index (χ3n) is 3.93. The molecule has 0 aliphatic rings. The maximum atomic E-state index is 12.8. The SMILES string of the molecule is CC(=O)Oc1c(C(C)(C)C)cc(N([O-])c2cnccn2)cc1C(C)(C)C. The Bertz CT molecular complexity index is 755. The molecule has 1 heterocycles. The number of esters is 1. The van der Waals surface area contributed by atoms with Crippen molar-refractivity contribution in [1.29, 1.82) is 0 Å². The number of nitrogens with zero attached hydrogens (tertiary/aromatic N) is 3. The molecular formula is C20H26N3O3-. The molecule has 1 aromatic carbocycles. The van der Waals surface area contributed by atoms with Crippen molar-refractivity contribution in [2.24, 2.45) is 0 Å². The Labute approximate surface area is 154 Å². The highest BCUT2D eigenvalue weighted by Gasteiger charge is 2.29. The third kappa shape index (κ3) is 4.38. The summed E-state index contributed by atoms with van der Waals surface area (Å²) in [4.78, 5) is 19.7. The van der Waals surface area contributed by atoms with Crippen molar-refractivity contribution in [2.45, 2.75) is 59.3 Å². The number of hydrogen-bond donors (Lipinski definition) is 0. The summed E-state index contributed by atoms with van der Waals surface area (Å²) in [6.07, 6.45) is 4.41.